The molecule has 1 unspecified atom stereocenters. The smallest absolute Gasteiger partial charge is 0.201 e. The van der Waals surface area contributed by atoms with Crippen molar-refractivity contribution in [3.63, 3.8) is 0 Å². The van der Waals surface area contributed by atoms with Crippen LogP contribution in [0.5, 0.6) is 0 Å². The second-order valence-electron chi connectivity index (χ2n) is 14.9. The van der Waals surface area contributed by atoms with Crippen molar-refractivity contribution in [1.82, 2.24) is 0 Å². The average molecular weight is 597 g/mol. The highest BCUT2D eigenvalue weighted by molar-refractivity contribution is 5.84. The van der Waals surface area contributed by atoms with Crippen LogP contribution in [0.15, 0.2) is 0 Å². The predicted molar refractivity (Wildman–Crippen MR) is 160 cm³/mol. The number of ether oxygens (including phenoxy) is 4. The first kappa shape index (κ1) is 34.3. The van der Waals surface area contributed by atoms with E-state index in [2.05, 4.69) is 34.6 Å². The molecule has 4 heterocycles. The Bertz CT molecular complexity index is 971. The fourth-order valence-electron chi connectivity index (χ4n) is 9.61. The van der Waals surface area contributed by atoms with Crippen molar-refractivity contribution in [2.24, 2.45) is 41.4 Å². The van der Waals surface area contributed by atoms with Crippen LogP contribution >= 0.6 is 0 Å². The van der Waals surface area contributed by atoms with Gasteiger partial charge in [-0.2, -0.15) is 0 Å². The van der Waals surface area contributed by atoms with Crippen molar-refractivity contribution in [2.45, 2.75) is 168 Å². The SMILES string of the molecule is CC[C@@H]1OC2([C@]3(C)C[C@H](C)[C@@H]([C@@H](CC)C(=O)[C@@H](C)[C@@H](O)[C@H](C)[C@H]4O[C@](C)(O)[C@H](CC)[C@H](O)[C@@H]4C)O3)O[C@]1(CC)C[C@H]2C. The maximum atomic E-state index is 14.1. The lowest BCUT2D eigenvalue weighted by molar-refractivity contribution is -0.323. The quantitative estimate of drug-likeness (QED) is 0.297. The van der Waals surface area contributed by atoms with Crippen molar-refractivity contribution in [3.8, 4) is 0 Å². The second-order valence-corrected chi connectivity index (χ2v) is 14.9. The van der Waals surface area contributed by atoms with Gasteiger partial charge in [0, 0.05) is 35.5 Å². The molecule has 0 amide bonds. The van der Waals surface area contributed by atoms with Crippen LogP contribution in [0, 0.1) is 41.4 Å². The third kappa shape index (κ3) is 5.13. The molecule has 244 valence electrons. The minimum absolute atomic E-state index is 0.0280. The summed E-state index contributed by atoms with van der Waals surface area (Å²) in [7, 11) is 0. The molecule has 16 atom stereocenters. The number of ketones is 1. The van der Waals surface area contributed by atoms with Gasteiger partial charge in [-0.1, -0.05) is 62.3 Å². The molecule has 0 aliphatic carbocycles. The zero-order valence-electron chi connectivity index (χ0n) is 28.1. The number of rotatable bonds is 11. The summed E-state index contributed by atoms with van der Waals surface area (Å²) >= 11 is 0. The molecule has 0 aromatic rings. The lowest BCUT2D eigenvalue weighted by Gasteiger charge is -2.50. The Balaban J connectivity index is 1.51. The largest absolute Gasteiger partial charge is 0.392 e. The Hall–Kier alpha value is -0.610. The zero-order chi connectivity index (χ0) is 31.6. The van der Waals surface area contributed by atoms with Crippen LogP contribution in [-0.2, 0) is 23.7 Å². The Kier molecular flexibility index (Phi) is 9.76. The van der Waals surface area contributed by atoms with Gasteiger partial charge >= 0.3 is 0 Å². The first-order valence-electron chi connectivity index (χ1n) is 16.8. The van der Waals surface area contributed by atoms with E-state index in [0.717, 1.165) is 25.7 Å². The highest BCUT2D eigenvalue weighted by atomic mass is 16.8. The van der Waals surface area contributed by atoms with Crippen LogP contribution in [0.3, 0.4) is 0 Å². The Labute approximate surface area is 254 Å². The van der Waals surface area contributed by atoms with E-state index >= 15 is 0 Å². The van der Waals surface area contributed by atoms with Gasteiger partial charge in [0.05, 0.1) is 36.1 Å². The van der Waals surface area contributed by atoms with E-state index in [9.17, 15) is 20.1 Å². The Morgan fingerprint density at radius 1 is 0.952 bits per heavy atom. The topological polar surface area (TPSA) is 115 Å². The van der Waals surface area contributed by atoms with Gasteiger partial charge in [-0.05, 0) is 58.3 Å². The summed E-state index contributed by atoms with van der Waals surface area (Å²) in [5, 5.41) is 33.5. The first-order chi connectivity index (χ1) is 19.5. The molecular formula is C34H60O8. The number of carbonyl (C=O) groups excluding carboxylic acids is 1. The molecule has 0 aromatic carbocycles. The second kappa shape index (κ2) is 12.0. The van der Waals surface area contributed by atoms with Gasteiger partial charge in [0.1, 0.15) is 11.4 Å². The molecule has 0 saturated carbocycles. The summed E-state index contributed by atoms with van der Waals surface area (Å²) in [6, 6.07) is 0. The molecule has 4 saturated heterocycles. The number of fused-ring (bicyclic) bond motifs is 2. The molecule has 8 nitrogen and oxygen atoms in total. The fourth-order valence-corrected chi connectivity index (χ4v) is 9.61. The van der Waals surface area contributed by atoms with Gasteiger partial charge in [0.15, 0.2) is 5.79 Å². The lowest BCUT2D eigenvalue weighted by atomic mass is 9.72. The number of aliphatic hydroxyl groups excluding tert-OH is 2. The maximum absolute atomic E-state index is 14.1. The van der Waals surface area contributed by atoms with Crippen LogP contribution in [0.1, 0.15) is 115 Å². The summed E-state index contributed by atoms with van der Waals surface area (Å²) in [6.07, 6.45) is 1.96. The van der Waals surface area contributed by atoms with Crippen LogP contribution in [0.25, 0.3) is 0 Å². The summed E-state index contributed by atoms with van der Waals surface area (Å²) in [4.78, 5) is 14.1. The molecule has 4 aliphatic rings. The monoisotopic (exact) mass is 596 g/mol. The lowest BCUT2D eigenvalue weighted by Crippen LogP contribution is -2.59. The molecule has 0 radical (unpaired) electrons. The van der Waals surface area contributed by atoms with Crippen LogP contribution in [-0.4, -0.2) is 74.4 Å². The standard InChI is InChI=1S/C34H60O8/c1-12-23(27(36)20(7)26(35)21(8)30-22(9)28(37)24(13-2)32(11,38)41-30)29-18(5)16-31(10,40-29)34-19(6)17-33(15-4,42-34)25(14-3)39-34/h18-26,28-30,35,37-38H,12-17H2,1-11H3/t18-,19+,20-,21-,22-,23-,24+,25-,26+,28+,29-,30+,31-,32-,33+,34?/m0/s1. The predicted octanol–water partition coefficient (Wildman–Crippen LogP) is 5.24. The fraction of sp³-hybridized carbons (Fsp3) is 0.971. The Morgan fingerprint density at radius 2 is 1.60 bits per heavy atom. The van der Waals surface area contributed by atoms with E-state index in [1.165, 1.54) is 0 Å². The van der Waals surface area contributed by atoms with Gasteiger partial charge in [0.2, 0.25) is 5.79 Å². The minimum atomic E-state index is -1.51. The van der Waals surface area contributed by atoms with Gasteiger partial charge in [-0.25, -0.2) is 0 Å². The first-order valence-corrected chi connectivity index (χ1v) is 16.8. The van der Waals surface area contributed by atoms with E-state index in [0.29, 0.717) is 12.8 Å². The summed E-state index contributed by atoms with van der Waals surface area (Å²) in [6.45, 7) is 21.8. The third-order valence-electron chi connectivity index (χ3n) is 12.1. The molecule has 2 bridgehead atoms. The summed E-state index contributed by atoms with van der Waals surface area (Å²) in [5.41, 5.74) is -0.979. The third-order valence-corrected chi connectivity index (χ3v) is 12.1. The maximum Gasteiger partial charge on any atom is 0.201 e. The number of hydrogen-bond donors (Lipinski definition) is 3. The average Bonchev–Trinajstić information content (AvgIpc) is 3.56. The van der Waals surface area contributed by atoms with Crippen molar-refractivity contribution < 1.29 is 39.1 Å². The summed E-state index contributed by atoms with van der Waals surface area (Å²) < 4.78 is 26.7. The van der Waals surface area contributed by atoms with E-state index in [-0.39, 0.29) is 41.3 Å². The van der Waals surface area contributed by atoms with Gasteiger partial charge in [0.25, 0.3) is 0 Å². The number of aliphatic hydroxyl groups is 3. The molecule has 42 heavy (non-hydrogen) atoms. The van der Waals surface area contributed by atoms with E-state index in [1.54, 1.807) is 13.8 Å². The molecule has 4 rings (SSSR count). The molecule has 8 heteroatoms. The van der Waals surface area contributed by atoms with Crippen LogP contribution < -0.4 is 0 Å². The molecule has 4 fully saturated rings. The van der Waals surface area contributed by atoms with Crippen LogP contribution in [0.2, 0.25) is 0 Å². The molecule has 0 aromatic heterocycles. The number of Topliss-reactive ketones (excluding diaryl/α,β-unsaturated/α-hetero) is 1. The number of hydrogen-bond acceptors (Lipinski definition) is 8. The van der Waals surface area contributed by atoms with E-state index < -0.39 is 59.2 Å². The minimum Gasteiger partial charge on any atom is -0.392 e. The number of carbonyl (C=O) groups is 1. The van der Waals surface area contributed by atoms with Crippen molar-refractivity contribution in [3.05, 3.63) is 0 Å². The van der Waals surface area contributed by atoms with Gasteiger partial charge in [-0.3, -0.25) is 4.79 Å². The summed E-state index contributed by atoms with van der Waals surface area (Å²) in [5.74, 6) is -4.36. The van der Waals surface area contributed by atoms with E-state index in [1.807, 2.05) is 27.7 Å². The molecule has 0 spiro atoms. The van der Waals surface area contributed by atoms with Crippen molar-refractivity contribution >= 4 is 5.78 Å². The van der Waals surface area contributed by atoms with E-state index in [4.69, 9.17) is 18.9 Å². The molecular weight excluding hydrogens is 536 g/mol. The zero-order valence-corrected chi connectivity index (χ0v) is 28.1. The molecule has 3 N–H and O–H groups in total. The van der Waals surface area contributed by atoms with Gasteiger partial charge < -0.3 is 34.3 Å². The molecule has 4 aliphatic heterocycles. The highest BCUT2D eigenvalue weighted by Crippen LogP contribution is 2.63. The normalized spacial score (nSPS) is 50.0. The van der Waals surface area contributed by atoms with Crippen molar-refractivity contribution in [2.75, 3.05) is 0 Å². The van der Waals surface area contributed by atoms with Crippen LogP contribution in [0.4, 0.5) is 0 Å². The van der Waals surface area contributed by atoms with Crippen molar-refractivity contribution in [1.29, 1.82) is 0 Å². The Morgan fingerprint density at radius 3 is 2.14 bits per heavy atom. The van der Waals surface area contributed by atoms with Gasteiger partial charge in [-0.15, -0.1) is 0 Å². The highest BCUT2D eigenvalue weighted by Gasteiger charge is 2.73.